The van der Waals surface area contributed by atoms with Gasteiger partial charge in [-0.3, -0.25) is 0 Å². The molecule has 2 aliphatic rings. The van der Waals surface area contributed by atoms with Crippen LogP contribution in [0.2, 0.25) is 0 Å². The summed E-state index contributed by atoms with van der Waals surface area (Å²) in [5.41, 5.74) is 5.07. The second-order valence-corrected chi connectivity index (χ2v) is 7.21. The van der Waals surface area contributed by atoms with Crippen LogP contribution in [0, 0.1) is 23.2 Å². The Labute approximate surface area is 146 Å². The molecule has 0 bridgehead atoms. The summed E-state index contributed by atoms with van der Waals surface area (Å²) in [5, 5.41) is 0. The van der Waals surface area contributed by atoms with Crippen molar-refractivity contribution in [1.29, 1.82) is 0 Å². The molecule has 5 radical (unpaired) electrons. The maximum atomic E-state index is 5.97. The fraction of sp³-hybridized carbons (Fsp3) is 0.190. The Kier molecular flexibility index (Phi) is 4.41. The average Bonchev–Trinajstić information content (AvgIpc) is 3.23. The Morgan fingerprint density at radius 3 is 2.21 bits per heavy atom. The van der Waals surface area contributed by atoms with E-state index in [1.807, 2.05) is 6.07 Å². The zero-order chi connectivity index (χ0) is 16.5. The van der Waals surface area contributed by atoms with Crippen LogP contribution in [-0.4, -0.2) is 12.5 Å². The first kappa shape index (κ1) is 15.8. The molecule has 0 saturated carbocycles. The van der Waals surface area contributed by atoms with E-state index in [1.165, 1.54) is 42.9 Å². The van der Waals surface area contributed by atoms with Gasteiger partial charge in [-0.25, -0.2) is 4.99 Å². The van der Waals surface area contributed by atoms with Crippen LogP contribution in [0.4, 0.5) is 0 Å². The van der Waals surface area contributed by atoms with E-state index in [2.05, 4.69) is 68.4 Å². The maximum absolute atomic E-state index is 5.97. The maximum Gasteiger partial charge on any atom is 0.197 e. The van der Waals surface area contributed by atoms with Gasteiger partial charge in [0.1, 0.15) is 12.6 Å². The van der Waals surface area contributed by atoms with Crippen molar-refractivity contribution in [3.8, 4) is 0 Å². The lowest BCUT2D eigenvalue weighted by Crippen LogP contribution is -2.13. The summed E-state index contributed by atoms with van der Waals surface area (Å²) in [7, 11) is 1.20. The highest BCUT2D eigenvalue weighted by Crippen LogP contribution is 2.62. The highest BCUT2D eigenvalue weighted by molar-refractivity contribution is 7.49. The van der Waals surface area contributed by atoms with Crippen LogP contribution in [0.5, 0.6) is 0 Å². The molecular weight excluding hydrogens is 313 g/mol. The predicted octanol–water partition coefficient (Wildman–Crippen LogP) is 5.42. The minimum atomic E-state index is 0.109. The number of ether oxygens (including phenoxy) is 1. The molecule has 2 aromatic rings. The molecule has 0 unspecified atom stereocenters. The van der Waals surface area contributed by atoms with Gasteiger partial charge in [0.2, 0.25) is 0 Å². The van der Waals surface area contributed by atoms with Gasteiger partial charge < -0.3 is 4.74 Å². The molecule has 1 atom stereocenters. The monoisotopic (exact) mass is 332 g/mol. The summed E-state index contributed by atoms with van der Waals surface area (Å²) >= 11 is 0. The molecule has 1 fully saturated rings. The Bertz CT molecular complexity index is 715. The number of hydrogen-bond donors (Lipinski definition) is 0. The fourth-order valence-corrected chi connectivity index (χ4v) is 4.46. The van der Waals surface area contributed by atoms with Gasteiger partial charge in [-0.2, -0.15) is 0 Å². The molecule has 24 heavy (non-hydrogen) atoms. The Morgan fingerprint density at radius 1 is 0.875 bits per heavy atom. The highest BCUT2D eigenvalue weighted by Gasteiger charge is 2.46. The number of nitrogens with zero attached hydrogens (tertiary/aromatic N) is 1. The first-order valence-corrected chi connectivity index (χ1v) is 9.08. The molecule has 1 saturated heterocycles. The third-order valence-corrected chi connectivity index (χ3v) is 6.15. The highest BCUT2D eigenvalue weighted by atomic mass is 31.1. The van der Waals surface area contributed by atoms with E-state index in [0.717, 1.165) is 5.90 Å². The van der Waals surface area contributed by atoms with Crippen LogP contribution in [0.15, 0.2) is 65.7 Å². The molecule has 119 valence electrons. The third kappa shape index (κ3) is 2.89. The molecule has 2 nitrogen and oxygen atoms in total. The van der Waals surface area contributed by atoms with E-state index >= 15 is 0 Å². The fourth-order valence-electron chi connectivity index (χ4n) is 3.07. The van der Waals surface area contributed by atoms with Crippen LogP contribution in [0.3, 0.4) is 0 Å². The van der Waals surface area contributed by atoms with Crippen molar-refractivity contribution >= 4 is 14.5 Å². The summed E-state index contributed by atoms with van der Waals surface area (Å²) in [4.78, 5) is 4.86. The minimum absolute atomic E-state index is 0.109. The average molecular weight is 332 g/mol. The van der Waals surface area contributed by atoms with Crippen LogP contribution in [-0.2, 0) is 4.74 Å². The standard InChI is InChI=1S/C21H19NOP/c1-14-15(2)20(24-19(14)17-11-7-4-8-12-17)21-22-18(13-23-21)16-9-5-3-6-10-16/h3-12,18H,13H2,1-2H3/t18-/m1/s1. The molecule has 0 aliphatic carbocycles. The normalized spacial score (nSPS) is 24.4. The first-order valence-electron chi connectivity index (χ1n) is 8.19. The second-order valence-electron chi connectivity index (χ2n) is 6.10. The Balaban J connectivity index is 1.55. The number of hydrogen-bond acceptors (Lipinski definition) is 2. The SMILES string of the molecule is C[C]1[C](C)[C](c2ccccc2)[P][C]1C1=N[C@@H](c2ccccc2)CO1. The summed E-state index contributed by atoms with van der Waals surface area (Å²) < 4.78 is 5.97. The number of benzene rings is 2. The van der Waals surface area contributed by atoms with E-state index in [4.69, 9.17) is 9.73 Å². The van der Waals surface area contributed by atoms with Crippen molar-refractivity contribution < 1.29 is 4.74 Å². The minimum Gasteiger partial charge on any atom is -0.478 e. The molecule has 2 aromatic carbocycles. The van der Waals surface area contributed by atoms with E-state index in [9.17, 15) is 0 Å². The first-order chi connectivity index (χ1) is 11.7. The molecule has 4 rings (SSSR count). The molecular formula is C21H19NOP. The molecule has 2 heterocycles. The van der Waals surface area contributed by atoms with Crippen molar-refractivity contribution in [2.24, 2.45) is 4.99 Å². The summed E-state index contributed by atoms with van der Waals surface area (Å²) in [6.45, 7) is 5.00. The lowest BCUT2D eigenvalue weighted by Gasteiger charge is -2.16. The summed E-state index contributed by atoms with van der Waals surface area (Å²) in [6, 6.07) is 21.1. The molecule has 0 amide bonds. The van der Waals surface area contributed by atoms with Crippen molar-refractivity contribution in [2.45, 2.75) is 19.9 Å². The number of aliphatic imine (C=N–C) groups is 1. The van der Waals surface area contributed by atoms with Gasteiger partial charge in [0.05, 0.1) is 5.66 Å². The lowest BCUT2D eigenvalue weighted by molar-refractivity contribution is 0.317. The summed E-state index contributed by atoms with van der Waals surface area (Å²) in [5.74, 6) is 3.45. The van der Waals surface area contributed by atoms with Gasteiger partial charge in [-0.05, 0) is 25.6 Å². The van der Waals surface area contributed by atoms with E-state index in [0.29, 0.717) is 6.61 Å². The van der Waals surface area contributed by atoms with Gasteiger partial charge in [-0.1, -0.05) is 74.5 Å². The quantitative estimate of drug-likeness (QED) is 0.688. The molecule has 3 heteroatoms. The number of rotatable bonds is 3. The Hall–Kier alpha value is -1.66. The molecule has 0 aromatic heterocycles. The topological polar surface area (TPSA) is 21.6 Å². The van der Waals surface area contributed by atoms with Crippen molar-refractivity contribution in [2.75, 3.05) is 6.61 Å². The van der Waals surface area contributed by atoms with E-state index < -0.39 is 0 Å². The van der Waals surface area contributed by atoms with Gasteiger partial charge >= 0.3 is 0 Å². The molecule has 0 spiro atoms. The van der Waals surface area contributed by atoms with Gasteiger partial charge in [-0.15, -0.1) is 0 Å². The Morgan fingerprint density at radius 2 is 1.50 bits per heavy atom. The smallest absolute Gasteiger partial charge is 0.197 e. The molecule has 0 N–H and O–H groups in total. The predicted molar refractivity (Wildman–Crippen MR) is 99.4 cm³/mol. The van der Waals surface area contributed by atoms with Crippen LogP contribution < -0.4 is 0 Å². The van der Waals surface area contributed by atoms with Gasteiger partial charge in [0.15, 0.2) is 5.90 Å². The largest absolute Gasteiger partial charge is 0.478 e. The molecule has 2 aliphatic heterocycles. The summed E-state index contributed by atoms with van der Waals surface area (Å²) in [6.07, 6.45) is 0. The van der Waals surface area contributed by atoms with Crippen molar-refractivity contribution in [1.82, 2.24) is 0 Å². The van der Waals surface area contributed by atoms with Crippen molar-refractivity contribution in [3.05, 3.63) is 94.9 Å². The van der Waals surface area contributed by atoms with Gasteiger partial charge in [0.25, 0.3) is 0 Å². The van der Waals surface area contributed by atoms with E-state index in [-0.39, 0.29) is 6.04 Å². The lowest BCUT2D eigenvalue weighted by atomic mass is 9.87. The zero-order valence-electron chi connectivity index (χ0n) is 13.9. The van der Waals surface area contributed by atoms with Crippen molar-refractivity contribution in [3.63, 3.8) is 0 Å². The second kappa shape index (κ2) is 6.69. The van der Waals surface area contributed by atoms with Gasteiger partial charge in [0, 0.05) is 11.6 Å². The zero-order valence-corrected chi connectivity index (χ0v) is 14.8. The third-order valence-electron chi connectivity index (χ3n) is 4.58. The van der Waals surface area contributed by atoms with Crippen LogP contribution >= 0.6 is 8.58 Å². The van der Waals surface area contributed by atoms with Crippen LogP contribution in [0.1, 0.15) is 31.0 Å². The van der Waals surface area contributed by atoms with Crippen LogP contribution in [0.25, 0.3) is 0 Å². The van der Waals surface area contributed by atoms with E-state index in [1.54, 1.807) is 0 Å².